The monoisotopic (exact) mass is 431 g/mol. The first kappa shape index (κ1) is 18.0. The van der Waals surface area contributed by atoms with Crippen LogP contribution in [-0.2, 0) is 20.0 Å². The van der Waals surface area contributed by atoms with Crippen molar-refractivity contribution >= 4 is 33.6 Å². The minimum atomic E-state index is -0.170. The molecule has 142 valence electrons. The molecule has 0 aliphatic carbocycles. The van der Waals surface area contributed by atoms with E-state index in [-0.39, 0.29) is 11.9 Å². The Kier molecular flexibility index (Phi) is 4.90. The van der Waals surface area contributed by atoms with E-state index in [1.165, 1.54) is 0 Å². The first-order valence-corrected chi connectivity index (χ1v) is 9.98. The van der Waals surface area contributed by atoms with Gasteiger partial charge in [0, 0.05) is 48.8 Å². The summed E-state index contributed by atoms with van der Waals surface area (Å²) in [6.45, 7) is 2.57. The van der Waals surface area contributed by atoms with Gasteiger partial charge < -0.3 is 15.1 Å². The van der Waals surface area contributed by atoms with Crippen LogP contribution in [0.3, 0.4) is 0 Å². The fraction of sp³-hybridized carbons (Fsp3) is 0.421. The highest BCUT2D eigenvalue weighted by Gasteiger charge is 2.32. The van der Waals surface area contributed by atoms with E-state index in [1.54, 1.807) is 9.58 Å². The molecule has 0 unspecified atom stereocenters. The lowest BCUT2D eigenvalue weighted by Gasteiger charge is -2.28. The number of urea groups is 1. The van der Waals surface area contributed by atoms with Crippen molar-refractivity contribution in [2.45, 2.75) is 25.8 Å². The minimum absolute atomic E-state index is 0.0163. The zero-order valence-corrected chi connectivity index (χ0v) is 16.8. The highest BCUT2D eigenvalue weighted by atomic mass is 79.9. The van der Waals surface area contributed by atoms with Crippen LogP contribution in [0.2, 0.25) is 0 Å². The van der Waals surface area contributed by atoms with E-state index in [0.717, 1.165) is 47.3 Å². The number of hydrogen-bond acceptors (Lipinski definition) is 3. The Balaban J connectivity index is 1.54. The maximum atomic E-state index is 12.9. The van der Waals surface area contributed by atoms with E-state index >= 15 is 0 Å². The number of rotatable bonds is 2. The summed E-state index contributed by atoms with van der Waals surface area (Å²) in [4.78, 5) is 29.2. The molecular weight excluding hydrogens is 410 g/mol. The second kappa shape index (κ2) is 7.34. The van der Waals surface area contributed by atoms with Crippen molar-refractivity contribution in [2.24, 2.45) is 7.05 Å². The largest absolute Gasteiger partial charge is 0.337 e. The number of halogens is 1. The summed E-state index contributed by atoms with van der Waals surface area (Å²) < 4.78 is 2.63. The summed E-state index contributed by atoms with van der Waals surface area (Å²) in [6.07, 6.45) is 2.78. The summed E-state index contributed by atoms with van der Waals surface area (Å²) in [5, 5.41) is 7.43. The first-order chi connectivity index (χ1) is 13.0. The predicted molar refractivity (Wildman–Crippen MR) is 106 cm³/mol. The van der Waals surface area contributed by atoms with E-state index in [4.69, 9.17) is 0 Å². The van der Waals surface area contributed by atoms with Gasteiger partial charge in [0.1, 0.15) is 0 Å². The van der Waals surface area contributed by atoms with Crippen molar-refractivity contribution in [3.63, 3.8) is 0 Å². The van der Waals surface area contributed by atoms with Crippen LogP contribution in [0.15, 0.2) is 28.7 Å². The average molecular weight is 432 g/mol. The Morgan fingerprint density at radius 3 is 2.59 bits per heavy atom. The number of aromatic nitrogens is 2. The average Bonchev–Trinajstić information content (AvgIpc) is 3.31. The standard InChI is InChI=1S/C19H22BrN5O2/c1-23-16-8-11-25(19(27)21-15-7-3-2-6-14(15)20)12-13(16)17(22-23)18(26)24-9-4-5-10-24/h2-3,6-7H,4-5,8-12H2,1H3,(H,21,27). The highest BCUT2D eigenvalue weighted by molar-refractivity contribution is 9.10. The molecule has 2 aliphatic heterocycles. The van der Waals surface area contributed by atoms with Gasteiger partial charge in [0.2, 0.25) is 0 Å². The van der Waals surface area contributed by atoms with E-state index in [0.29, 0.717) is 25.2 Å². The van der Waals surface area contributed by atoms with Crippen molar-refractivity contribution in [2.75, 3.05) is 25.0 Å². The normalized spacial score (nSPS) is 16.4. The third-order valence-electron chi connectivity index (χ3n) is 5.24. The van der Waals surface area contributed by atoms with Gasteiger partial charge in [0.15, 0.2) is 5.69 Å². The van der Waals surface area contributed by atoms with Crippen LogP contribution in [0, 0.1) is 0 Å². The molecule has 0 radical (unpaired) electrons. The Morgan fingerprint density at radius 1 is 1.11 bits per heavy atom. The molecule has 2 aromatic rings. The summed E-state index contributed by atoms with van der Waals surface area (Å²) in [5.41, 5.74) is 3.14. The maximum absolute atomic E-state index is 12.9. The van der Waals surface area contributed by atoms with E-state index < -0.39 is 0 Å². The van der Waals surface area contributed by atoms with Crippen LogP contribution < -0.4 is 5.32 Å². The number of anilines is 1. The summed E-state index contributed by atoms with van der Waals surface area (Å²) in [7, 11) is 1.87. The number of para-hydroxylation sites is 1. The van der Waals surface area contributed by atoms with Crippen LogP contribution in [0.5, 0.6) is 0 Å². The molecule has 3 heterocycles. The zero-order valence-electron chi connectivity index (χ0n) is 15.2. The fourth-order valence-corrected chi connectivity index (χ4v) is 4.15. The second-order valence-corrected chi connectivity index (χ2v) is 7.83. The summed E-state index contributed by atoms with van der Waals surface area (Å²) in [6, 6.07) is 7.35. The van der Waals surface area contributed by atoms with Crippen molar-refractivity contribution in [1.29, 1.82) is 0 Å². The number of nitrogens with one attached hydrogen (secondary N) is 1. The molecule has 0 saturated carbocycles. The number of carbonyl (C=O) groups excluding carboxylic acids is 2. The topological polar surface area (TPSA) is 70.5 Å². The van der Waals surface area contributed by atoms with Gasteiger partial charge in [-0.3, -0.25) is 9.48 Å². The number of amides is 3. The van der Waals surface area contributed by atoms with Crippen molar-refractivity contribution < 1.29 is 9.59 Å². The lowest BCUT2D eigenvalue weighted by atomic mass is 10.0. The van der Waals surface area contributed by atoms with Crippen LogP contribution in [0.25, 0.3) is 0 Å². The SMILES string of the molecule is Cn1nc(C(=O)N2CCCC2)c2c1CCN(C(=O)Nc1ccccc1Br)C2. The van der Waals surface area contributed by atoms with Crippen molar-refractivity contribution in [1.82, 2.24) is 19.6 Å². The Hall–Kier alpha value is -2.35. The molecule has 27 heavy (non-hydrogen) atoms. The number of fused-ring (bicyclic) bond motifs is 1. The Morgan fingerprint density at radius 2 is 1.85 bits per heavy atom. The number of nitrogens with zero attached hydrogens (tertiary/aromatic N) is 4. The van der Waals surface area contributed by atoms with Gasteiger partial charge in [0.25, 0.3) is 5.91 Å². The number of benzene rings is 1. The van der Waals surface area contributed by atoms with Gasteiger partial charge in [-0.15, -0.1) is 0 Å². The van der Waals surface area contributed by atoms with Gasteiger partial charge in [0.05, 0.1) is 12.2 Å². The summed E-state index contributed by atoms with van der Waals surface area (Å²) in [5.74, 6) is -0.0163. The van der Waals surface area contributed by atoms with Gasteiger partial charge in [-0.25, -0.2) is 4.79 Å². The third-order valence-corrected chi connectivity index (χ3v) is 5.93. The van der Waals surface area contributed by atoms with Crippen LogP contribution >= 0.6 is 15.9 Å². The molecule has 0 atom stereocenters. The molecule has 3 amide bonds. The number of aryl methyl sites for hydroxylation is 1. The smallest absolute Gasteiger partial charge is 0.322 e. The predicted octanol–water partition coefficient (Wildman–Crippen LogP) is 3.01. The Bertz CT molecular complexity index is 888. The van der Waals surface area contributed by atoms with Crippen molar-refractivity contribution in [3.8, 4) is 0 Å². The molecule has 0 bridgehead atoms. The van der Waals surface area contributed by atoms with E-state index in [1.807, 2.05) is 36.2 Å². The molecule has 1 aromatic heterocycles. The van der Waals surface area contributed by atoms with Crippen LogP contribution in [0.4, 0.5) is 10.5 Å². The molecule has 1 aromatic carbocycles. The minimum Gasteiger partial charge on any atom is -0.337 e. The van der Waals surface area contributed by atoms with Gasteiger partial charge in [-0.1, -0.05) is 12.1 Å². The summed E-state index contributed by atoms with van der Waals surface area (Å²) >= 11 is 3.45. The molecule has 1 N–H and O–H groups in total. The van der Waals surface area contributed by atoms with Crippen LogP contribution in [-0.4, -0.2) is 51.2 Å². The van der Waals surface area contributed by atoms with Gasteiger partial charge in [-0.05, 0) is 40.9 Å². The molecule has 8 heteroatoms. The fourth-order valence-electron chi connectivity index (χ4n) is 3.76. The number of hydrogen-bond donors (Lipinski definition) is 1. The highest BCUT2D eigenvalue weighted by Crippen LogP contribution is 2.26. The molecule has 4 rings (SSSR count). The van der Waals surface area contributed by atoms with E-state index in [2.05, 4.69) is 26.3 Å². The van der Waals surface area contributed by atoms with Crippen LogP contribution in [0.1, 0.15) is 34.6 Å². The molecule has 7 nitrogen and oxygen atoms in total. The molecule has 1 saturated heterocycles. The lowest BCUT2D eigenvalue weighted by Crippen LogP contribution is -2.40. The number of carbonyl (C=O) groups is 2. The van der Waals surface area contributed by atoms with Gasteiger partial charge in [-0.2, -0.15) is 5.10 Å². The van der Waals surface area contributed by atoms with Gasteiger partial charge >= 0.3 is 6.03 Å². The third kappa shape index (κ3) is 3.45. The molecule has 2 aliphatic rings. The lowest BCUT2D eigenvalue weighted by molar-refractivity contribution is 0.0784. The molecule has 1 fully saturated rings. The van der Waals surface area contributed by atoms with E-state index in [9.17, 15) is 9.59 Å². The first-order valence-electron chi connectivity index (χ1n) is 9.19. The molecule has 0 spiro atoms. The second-order valence-electron chi connectivity index (χ2n) is 6.98. The van der Waals surface area contributed by atoms with Crippen molar-refractivity contribution in [3.05, 3.63) is 45.7 Å². The number of likely N-dealkylation sites (tertiary alicyclic amines) is 1. The maximum Gasteiger partial charge on any atom is 0.322 e. The molecular formula is C19H22BrN5O2. The quantitative estimate of drug-likeness (QED) is 0.794. The zero-order chi connectivity index (χ0) is 19.0. The Labute approximate surface area is 166 Å².